The van der Waals surface area contributed by atoms with Gasteiger partial charge < -0.3 is 19.5 Å². The second kappa shape index (κ2) is 13.7. The lowest BCUT2D eigenvalue weighted by atomic mass is 9.75. The standard InChI is InChI=1S/C28H34N4O3S.C4H4O4/c1-31-18-28(29-19-31)36(33,34)30-11-12-35-24-9-7-21-8-10-27(32-16-22-14-23(22)17-32)26(25(21)15-24)13-20-5-3-2-4-6-20;5-3(6)1-2-4(7)8/h2-7,9,15,18-19,22-23,26-27,30H,8,10-14,16-17H2,1H3;1-2H,(H,5,6)(H,7,8)/b;2-1+. The Kier molecular flexibility index (Phi) is 9.82. The number of hydrogen-bond donors (Lipinski definition) is 3. The van der Waals surface area contributed by atoms with Gasteiger partial charge in [-0.15, -0.1) is 0 Å². The number of aliphatic carboxylic acids is 2. The highest BCUT2D eigenvalue weighted by Gasteiger charge is 2.48. The third kappa shape index (κ3) is 8.13. The molecule has 6 rings (SSSR count). The van der Waals surface area contributed by atoms with Crippen LogP contribution in [0.2, 0.25) is 0 Å². The summed E-state index contributed by atoms with van der Waals surface area (Å²) in [6, 6.07) is 17.8. The molecule has 4 atom stereocenters. The Labute approximate surface area is 257 Å². The maximum atomic E-state index is 12.4. The van der Waals surface area contributed by atoms with Crippen LogP contribution in [0.1, 0.15) is 35.4 Å². The molecular formula is C32H38N4O7S. The number of aryl methyl sites for hydroxylation is 2. The number of sulfonamides is 1. The number of piperidine rings is 1. The maximum absolute atomic E-state index is 12.4. The fraction of sp³-hybridized carbons (Fsp3) is 0.406. The van der Waals surface area contributed by atoms with Gasteiger partial charge >= 0.3 is 11.9 Å². The van der Waals surface area contributed by atoms with E-state index in [0.29, 0.717) is 24.1 Å². The van der Waals surface area contributed by atoms with Crippen LogP contribution in [0.5, 0.6) is 5.75 Å². The third-order valence-corrected chi connectivity index (χ3v) is 9.80. The summed E-state index contributed by atoms with van der Waals surface area (Å²) in [4.78, 5) is 25.8. The zero-order valence-corrected chi connectivity index (χ0v) is 25.4. The SMILES string of the molecule is Cn1cnc(S(=O)(=O)NCCOc2ccc3c(c2)C(Cc2ccccc2)C(N2CC4CC4C2)CC3)c1.O=C(O)/C=C/C(=O)O. The van der Waals surface area contributed by atoms with Crippen LogP contribution in [0.3, 0.4) is 0 Å². The number of carboxylic acids is 2. The Morgan fingerprint density at radius 1 is 1.07 bits per heavy atom. The van der Waals surface area contributed by atoms with E-state index in [1.165, 1.54) is 55.1 Å². The number of carbonyl (C=O) groups is 2. The highest BCUT2D eigenvalue weighted by atomic mass is 32.2. The minimum atomic E-state index is -3.64. The van der Waals surface area contributed by atoms with Gasteiger partial charge in [-0.1, -0.05) is 36.4 Å². The van der Waals surface area contributed by atoms with Crippen LogP contribution in [0.4, 0.5) is 0 Å². The minimum absolute atomic E-state index is 0.0214. The Morgan fingerprint density at radius 2 is 1.77 bits per heavy atom. The van der Waals surface area contributed by atoms with Crippen molar-refractivity contribution in [1.29, 1.82) is 0 Å². The molecule has 3 aromatic rings. The van der Waals surface area contributed by atoms with Gasteiger partial charge in [-0.05, 0) is 66.3 Å². The van der Waals surface area contributed by atoms with Gasteiger partial charge in [0.05, 0.1) is 6.33 Å². The number of likely N-dealkylation sites (tertiary alicyclic amines) is 1. The average Bonchev–Trinajstić information content (AvgIpc) is 3.35. The lowest BCUT2D eigenvalue weighted by Gasteiger charge is -2.40. The predicted molar refractivity (Wildman–Crippen MR) is 163 cm³/mol. The van der Waals surface area contributed by atoms with Crippen LogP contribution >= 0.6 is 0 Å². The first-order valence-corrected chi connectivity index (χ1v) is 16.2. The van der Waals surface area contributed by atoms with Crippen molar-refractivity contribution in [3.8, 4) is 5.75 Å². The summed E-state index contributed by atoms with van der Waals surface area (Å²) in [6.07, 6.45) is 8.83. The van der Waals surface area contributed by atoms with E-state index in [9.17, 15) is 18.0 Å². The lowest BCUT2D eigenvalue weighted by molar-refractivity contribution is -0.134. The number of imidazole rings is 1. The molecule has 0 radical (unpaired) electrons. The average molecular weight is 623 g/mol. The van der Waals surface area contributed by atoms with Crippen LogP contribution in [0, 0.1) is 11.8 Å². The first-order chi connectivity index (χ1) is 21.1. The van der Waals surface area contributed by atoms with Gasteiger partial charge in [-0.2, -0.15) is 0 Å². The van der Waals surface area contributed by atoms with Crippen molar-refractivity contribution in [2.45, 2.75) is 42.7 Å². The molecule has 1 aliphatic heterocycles. The summed E-state index contributed by atoms with van der Waals surface area (Å²) in [6.45, 7) is 2.95. The second-order valence-corrected chi connectivity index (χ2v) is 13.3. The molecule has 3 N–H and O–H groups in total. The van der Waals surface area contributed by atoms with Crippen molar-refractivity contribution < 1.29 is 33.0 Å². The van der Waals surface area contributed by atoms with Gasteiger partial charge in [0.1, 0.15) is 12.4 Å². The third-order valence-electron chi connectivity index (χ3n) is 8.45. The molecule has 3 aliphatic rings. The second-order valence-electron chi connectivity index (χ2n) is 11.6. The van der Waals surface area contributed by atoms with E-state index in [1.54, 1.807) is 11.6 Å². The van der Waals surface area contributed by atoms with Crippen LogP contribution in [-0.2, 0) is 39.5 Å². The van der Waals surface area contributed by atoms with Crippen LogP contribution in [0.15, 0.2) is 78.2 Å². The summed E-state index contributed by atoms with van der Waals surface area (Å²) < 4.78 is 35.0. The van der Waals surface area contributed by atoms with Crippen LogP contribution in [0.25, 0.3) is 0 Å². The van der Waals surface area contributed by atoms with Gasteiger partial charge in [-0.25, -0.2) is 27.7 Å². The molecule has 2 fully saturated rings. The summed E-state index contributed by atoms with van der Waals surface area (Å²) in [5.41, 5.74) is 4.18. The van der Waals surface area contributed by atoms with E-state index in [1.807, 2.05) is 6.07 Å². The minimum Gasteiger partial charge on any atom is -0.492 e. The van der Waals surface area contributed by atoms with Gasteiger partial charge in [0, 0.05) is 57.0 Å². The monoisotopic (exact) mass is 622 g/mol. The molecule has 2 aromatic carbocycles. The summed E-state index contributed by atoms with van der Waals surface area (Å²) in [7, 11) is -1.89. The topological polar surface area (TPSA) is 151 Å². The Hall–Kier alpha value is -4.00. The molecule has 12 heteroatoms. The van der Waals surface area contributed by atoms with E-state index >= 15 is 0 Å². The number of carboxylic acid groups (broad SMARTS) is 2. The van der Waals surface area contributed by atoms with Crippen LogP contribution in [-0.4, -0.2) is 77.3 Å². The molecule has 4 unspecified atom stereocenters. The molecule has 234 valence electrons. The van der Waals surface area contributed by atoms with Crippen molar-refractivity contribution in [2.75, 3.05) is 26.2 Å². The van der Waals surface area contributed by atoms with Gasteiger partial charge in [0.2, 0.25) is 0 Å². The predicted octanol–water partition coefficient (Wildman–Crippen LogP) is 3.08. The molecule has 11 nitrogen and oxygen atoms in total. The number of benzene rings is 2. The van der Waals surface area contributed by atoms with Crippen molar-refractivity contribution in [2.24, 2.45) is 18.9 Å². The van der Waals surface area contributed by atoms with Gasteiger partial charge in [0.25, 0.3) is 10.0 Å². The van der Waals surface area contributed by atoms with E-state index in [-0.39, 0.29) is 18.2 Å². The first kappa shape index (κ1) is 31.4. The molecule has 2 heterocycles. The molecule has 1 saturated carbocycles. The molecule has 1 saturated heterocycles. The van der Waals surface area contributed by atoms with E-state index < -0.39 is 22.0 Å². The fourth-order valence-corrected chi connectivity index (χ4v) is 7.28. The van der Waals surface area contributed by atoms with E-state index in [2.05, 4.69) is 57.1 Å². The Morgan fingerprint density at radius 3 is 2.41 bits per heavy atom. The molecule has 44 heavy (non-hydrogen) atoms. The van der Waals surface area contributed by atoms with Crippen molar-refractivity contribution >= 4 is 22.0 Å². The highest BCUT2D eigenvalue weighted by Crippen LogP contribution is 2.49. The van der Waals surface area contributed by atoms with Crippen LogP contribution < -0.4 is 9.46 Å². The number of ether oxygens (including phenoxy) is 1. The van der Waals surface area contributed by atoms with Gasteiger partial charge in [-0.3, -0.25) is 4.90 Å². The summed E-state index contributed by atoms with van der Waals surface area (Å²) >= 11 is 0. The molecule has 0 bridgehead atoms. The zero-order chi connectivity index (χ0) is 31.3. The Balaban J connectivity index is 0.000000426. The van der Waals surface area contributed by atoms with E-state index in [0.717, 1.165) is 30.4 Å². The number of fused-ring (bicyclic) bond motifs is 2. The maximum Gasteiger partial charge on any atom is 0.328 e. The molecule has 0 amide bonds. The molecular weight excluding hydrogens is 584 g/mol. The van der Waals surface area contributed by atoms with Crippen molar-refractivity contribution in [1.82, 2.24) is 19.2 Å². The number of nitrogens with one attached hydrogen (secondary N) is 1. The zero-order valence-electron chi connectivity index (χ0n) is 24.6. The highest BCUT2D eigenvalue weighted by molar-refractivity contribution is 7.89. The fourth-order valence-electron chi connectivity index (χ4n) is 6.29. The first-order valence-electron chi connectivity index (χ1n) is 14.7. The number of aromatic nitrogens is 2. The Bertz CT molecular complexity index is 1580. The smallest absolute Gasteiger partial charge is 0.328 e. The number of nitrogens with zero attached hydrogens (tertiary/aromatic N) is 3. The number of rotatable bonds is 11. The molecule has 1 aromatic heterocycles. The summed E-state index contributed by atoms with van der Waals surface area (Å²) in [5, 5.41) is 15.6. The van der Waals surface area contributed by atoms with Gasteiger partial charge in [0.15, 0.2) is 5.03 Å². The normalized spacial score (nSPS) is 22.5. The van der Waals surface area contributed by atoms with Crippen molar-refractivity contribution in [3.63, 3.8) is 0 Å². The lowest BCUT2D eigenvalue weighted by Crippen LogP contribution is -2.42. The quantitative estimate of drug-likeness (QED) is 0.217. The number of hydrogen-bond acceptors (Lipinski definition) is 7. The largest absolute Gasteiger partial charge is 0.492 e. The molecule has 2 aliphatic carbocycles. The molecule has 0 spiro atoms. The summed E-state index contributed by atoms with van der Waals surface area (Å²) in [5.74, 6) is 0.565. The van der Waals surface area contributed by atoms with Crippen molar-refractivity contribution in [3.05, 3.63) is 89.9 Å². The van der Waals surface area contributed by atoms with E-state index in [4.69, 9.17) is 14.9 Å².